The number of hydrogen-bond acceptors (Lipinski definition) is 6. The molecule has 0 spiro atoms. The first-order chi connectivity index (χ1) is 8.04. The molecule has 0 bridgehead atoms. The standard InChI is InChI=1S/C9H11N2O5Se/c12-3-4-6(14)7(15)8(16-4)11-2-1-5(13)10-9(11)17/h1-2,4,6-8,12,14-15H,3H2/t4-,6-,7-,8?/m1/s1. The summed E-state index contributed by atoms with van der Waals surface area (Å²) in [4.78, 5) is 14.6. The molecule has 0 saturated carbocycles. The summed E-state index contributed by atoms with van der Waals surface area (Å²) >= 11 is 2.57. The molecule has 1 aromatic rings. The third-order valence-corrected chi connectivity index (χ3v) is 3.23. The maximum absolute atomic E-state index is 11.0. The molecule has 2 heterocycles. The second-order valence-corrected chi connectivity index (χ2v) is 4.45. The Morgan fingerprint density at radius 3 is 2.71 bits per heavy atom. The number of aliphatic hydroxyl groups excluding tert-OH is 3. The molecule has 0 aromatic carbocycles. The first kappa shape index (κ1) is 12.7. The van der Waals surface area contributed by atoms with Gasteiger partial charge in [-0.05, 0) is 0 Å². The summed E-state index contributed by atoms with van der Waals surface area (Å²) in [5, 5.41) is 28.3. The molecule has 0 aliphatic carbocycles. The molecule has 1 radical (unpaired) electrons. The molecule has 7 nitrogen and oxygen atoms in total. The molecule has 0 amide bonds. The summed E-state index contributed by atoms with van der Waals surface area (Å²) < 4.78 is 6.93. The predicted octanol–water partition coefficient (Wildman–Crippen LogP) is -3.35. The fourth-order valence-corrected chi connectivity index (χ4v) is 2.24. The SMILES string of the molecule is O=c1ccn(C2O[C@H](CO)[C@@H](O)[C@H]2O)c([Se])n1. The van der Waals surface area contributed by atoms with Crippen LogP contribution in [-0.2, 0) is 4.74 Å². The van der Waals surface area contributed by atoms with E-state index in [0.717, 1.165) is 0 Å². The van der Waals surface area contributed by atoms with Gasteiger partial charge in [-0.25, -0.2) is 0 Å². The van der Waals surface area contributed by atoms with E-state index in [1.807, 2.05) is 0 Å². The summed E-state index contributed by atoms with van der Waals surface area (Å²) in [5.74, 6) is 0. The third-order valence-electron chi connectivity index (χ3n) is 2.60. The average Bonchev–Trinajstić information content (AvgIpc) is 2.57. The molecule has 1 aromatic heterocycles. The normalized spacial score (nSPS) is 32.9. The van der Waals surface area contributed by atoms with E-state index in [9.17, 15) is 15.0 Å². The van der Waals surface area contributed by atoms with Crippen molar-refractivity contribution in [2.45, 2.75) is 24.5 Å². The number of rotatable bonds is 2. The van der Waals surface area contributed by atoms with Crippen LogP contribution in [-0.4, -0.2) is 65.8 Å². The Morgan fingerprint density at radius 1 is 1.47 bits per heavy atom. The molecule has 1 aliphatic rings. The van der Waals surface area contributed by atoms with Gasteiger partial charge in [-0.2, -0.15) is 0 Å². The molecule has 1 saturated heterocycles. The van der Waals surface area contributed by atoms with Gasteiger partial charge in [0.1, 0.15) is 0 Å². The van der Waals surface area contributed by atoms with Crippen molar-refractivity contribution in [2.75, 3.05) is 6.61 Å². The Kier molecular flexibility index (Phi) is 3.62. The van der Waals surface area contributed by atoms with Crippen LogP contribution in [0.1, 0.15) is 6.23 Å². The fraction of sp³-hybridized carbons (Fsp3) is 0.556. The van der Waals surface area contributed by atoms with Crippen LogP contribution in [0.5, 0.6) is 0 Å². The van der Waals surface area contributed by atoms with Gasteiger partial charge in [-0.15, -0.1) is 0 Å². The zero-order valence-electron chi connectivity index (χ0n) is 8.63. The molecule has 1 unspecified atom stereocenters. The molecule has 93 valence electrons. The van der Waals surface area contributed by atoms with Crippen LogP contribution in [0.2, 0.25) is 0 Å². The summed E-state index contributed by atoms with van der Waals surface area (Å²) in [5.41, 5.74) is -0.415. The van der Waals surface area contributed by atoms with Gasteiger partial charge in [0.2, 0.25) is 0 Å². The van der Waals surface area contributed by atoms with E-state index in [4.69, 9.17) is 9.84 Å². The Labute approximate surface area is 104 Å². The second-order valence-electron chi connectivity index (χ2n) is 3.68. The number of hydrogen-bond donors (Lipinski definition) is 3. The van der Waals surface area contributed by atoms with E-state index in [1.54, 1.807) is 0 Å². The van der Waals surface area contributed by atoms with Gasteiger partial charge in [0.15, 0.2) is 0 Å². The van der Waals surface area contributed by atoms with Crippen molar-refractivity contribution in [1.29, 1.82) is 0 Å². The number of nitrogens with zero attached hydrogens (tertiary/aromatic N) is 2. The van der Waals surface area contributed by atoms with Gasteiger partial charge >= 0.3 is 104 Å². The third kappa shape index (κ3) is 2.28. The minimum atomic E-state index is -1.19. The van der Waals surface area contributed by atoms with Crippen molar-refractivity contribution in [3.63, 3.8) is 0 Å². The molecular weight excluding hydrogens is 295 g/mol. The quantitative estimate of drug-likeness (QED) is 0.493. The van der Waals surface area contributed by atoms with E-state index < -0.39 is 36.7 Å². The van der Waals surface area contributed by atoms with Crippen molar-refractivity contribution < 1.29 is 20.1 Å². The first-order valence-electron chi connectivity index (χ1n) is 4.93. The van der Waals surface area contributed by atoms with Crippen molar-refractivity contribution in [3.05, 3.63) is 22.6 Å². The Hall–Kier alpha value is -0.761. The average molecular weight is 306 g/mol. The van der Waals surface area contributed by atoms with Gasteiger partial charge in [0.25, 0.3) is 0 Å². The van der Waals surface area contributed by atoms with Crippen molar-refractivity contribution >= 4 is 20.7 Å². The maximum atomic E-state index is 11.0. The molecular formula is C9H11N2O5Se. The Balaban J connectivity index is 2.32. The van der Waals surface area contributed by atoms with Gasteiger partial charge in [0, 0.05) is 0 Å². The second kappa shape index (κ2) is 4.85. The van der Waals surface area contributed by atoms with E-state index in [2.05, 4.69) is 21.0 Å². The van der Waals surface area contributed by atoms with Crippen molar-refractivity contribution in [3.8, 4) is 0 Å². The minimum absolute atomic E-state index is 0.243. The molecule has 17 heavy (non-hydrogen) atoms. The zero-order valence-corrected chi connectivity index (χ0v) is 10.3. The van der Waals surface area contributed by atoms with Gasteiger partial charge < -0.3 is 0 Å². The Bertz CT molecular complexity index is 465. The van der Waals surface area contributed by atoms with Crippen LogP contribution in [0.3, 0.4) is 0 Å². The van der Waals surface area contributed by atoms with Crippen LogP contribution >= 0.6 is 0 Å². The topological polar surface area (TPSA) is 105 Å². The molecule has 1 fully saturated rings. The van der Waals surface area contributed by atoms with E-state index in [0.29, 0.717) is 0 Å². The van der Waals surface area contributed by atoms with Gasteiger partial charge in [-0.1, -0.05) is 0 Å². The van der Waals surface area contributed by atoms with E-state index in [1.165, 1.54) is 16.8 Å². The van der Waals surface area contributed by atoms with Crippen molar-refractivity contribution in [2.24, 2.45) is 0 Å². The van der Waals surface area contributed by atoms with Gasteiger partial charge in [0.05, 0.1) is 0 Å². The van der Waals surface area contributed by atoms with Crippen molar-refractivity contribution in [1.82, 2.24) is 9.55 Å². The predicted molar refractivity (Wildman–Crippen MR) is 56.9 cm³/mol. The monoisotopic (exact) mass is 307 g/mol. The molecule has 4 atom stereocenters. The first-order valence-corrected chi connectivity index (χ1v) is 5.79. The summed E-state index contributed by atoms with van der Waals surface area (Å²) in [6.07, 6.45) is -2.70. The summed E-state index contributed by atoms with van der Waals surface area (Å²) in [6.45, 7) is -0.398. The number of ether oxygens (including phenoxy) is 1. The summed E-state index contributed by atoms with van der Waals surface area (Å²) in [6, 6.07) is 1.22. The van der Waals surface area contributed by atoms with Crippen LogP contribution in [0.4, 0.5) is 0 Å². The number of aromatic nitrogens is 2. The number of aliphatic hydroxyl groups is 3. The fourth-order valence-electron chi connectivity index (χ4n) is 1.70. The van der Waals surface area contributed by atoms with E-state index >= 15 is 0 Å². The molecule has 8 heteroatoms. The van der Waals surface area contributed by atoms with Gasteiger partial charge in [-0.3, -0.25) is 0 Å². The zero-order chi connectivity index (χ0) is 12.6. The van der Waals surface area contributed by atoms with Crippen LogP contribution in [0.15, 0.2) is 17.1 Å². The molecule has 2 rings (SSSR count). The molecule has 3 N–H and O–H groups in total. The van der Waals surface area contributed by atoms with E-state index in [-0.39, 0.29) is 4.72 Å². The summed E-state index contributed by atoms with van der Waals surface area (Å²) in [7, 11) is 0. The Morgan fingerprint density at radius 2 is 2.18 bits per heavy atom. The molecule has 1 aliphatic heterocycles. The van der Waals surface area contributed by atoms with Crippen LogP contribution in [0, 0.1) is 0 Å². The van der Waals surface area contributed by atoms with Crippen LogP contribution < -0.4 is 10.3 Å². The van der Waals surface area contributed by atoms with Crippen LogP contribution in [0.25, 0.3) is 0 Å².